The van der Waals surface area contributed by atoms with Crippen LogP contribution in [0, 0.1) is 0 Å². The number of ether oxygens (including phenoxy) is 3. The Kier molecular flexibility index (Phi) is 14.0. The quantitative estimate of drug-likeness (QED) is 0.349. The minimum absolute atomic E-state index is 0.0271. The second-order valence-corrected chi connectivity index (χ2v) is 6.26. The third-order valence-electron chi connectivity index (χ3n) is 3.73. The van der Waals surface area contributed by atoms with Crippen molar-refractivity contribution in [1.82, 2.24) is 5.32 Å². The van der Waals surface area contributed by atoms with Crippen LogP contribution in [0.15, 0.2) is 0 Å². The van der Waals surface area contributed by atoms with E-state index in [4.69, 9.17) is 14.2 Å². The molecule has 2 N–H and O–H groups in total. The maximum Gasteiger partial charge on any atom is 0.407 e. The Bertz CT molecular complexity index is 300. The Morgan fingerprint density at radius 1 is 1.04 bits per heavy atom. The van der Waals surface area contributed by atoms with Crippen LogP contribution in [0.1, 0.15) is 72.6 Å². The van der Waals surface area contributed by atoms with Crippen LogP contribution in [0.4, 0.5) is 4.79 Å². The van der Waals surface area contributed by atoms with E-state index in [1.807, 2.05) is 6.92 Å². The van der Waals surface area contributed by atoms with Crippen molar-refractivity contribution in [3.63, 3.8) is 0 Å². The van der Waals surface area contributed by atoms with Gasteiger partial charge in [0.15, 0.2) is 5.79 Å². The van der Waals surface area contributed by atoms with E-state index >= 15 is 0 Å². The van der Waals surface area contributed by atoms with Gasteiger partial charge in [-0.2, -0.15) is 0 Å². The van der Waals surface area contributed by atoms with E-state index in [-0.39, 0.29) is 13.2 Å². The van der Waals surface area contributed by atoms with Crippen LogP contribution in [-0.2, 0) is 14.2 Å². The van der Waals surface area contributed by atoms with E-state index in [0.717, 1.165) is 38.5 Å². The molecule has 0 aliphatic rings. The van der Waals surface area contributed by atoms with Gasteiger partial charge in [0, 0.05) is 6.54 Å². The zero-order valence-electron chi connectivity index (χ0n) is 15.9. The van der Waals surface area contributed by atoms with Crippen LogP contribution in [-0.4, -0.2) is 49.5 Å². The lowest BCUT2D eigenvalue weighted by molar-refractivity contribution is -0.243. The Hall–Kier alpha value is -0.850. The van der Waals surface area contributed by atoms with Crippen LogP contribution >= 0.6 is 0 Å². The molecule has 0 aliphatic carbocycles. The molecule has 0 bridgehead atoms. The number of alkyl carbamates (subject to hydrolysis) is 1. The van der Waals surface area contributed by atoms with Gasteiger partial charge in [0.25, 0.3) is 0 Å². The van der Waals surface area contributed by atoms with Gasteiger partial charge < -0.3 is 24.6 Å². The van der Waals surface area contributed by atoms with Crippen LogP contribution in [0.25, 0.3) is 0 Å². The van der Waals surface area contributed by atoms with Gasteiger partial charge in [-0.05, 0) is 26.2 Å². The van der Waals surface area contributed by atoms with Crippen molar-refractivity contribution in [3.05, 3.63) is 0 Å². The van der Waals surface area contributed by atoms with Gasteiger partial charge >= 0.3 is 6.09 Å². The van der Waals surface area contributed by atoms with Crippen molar-refractivity contribution in [2.75, 3.05) is 26.4 Å². The summed E-state index contributed by atoms with van der Waals surface area (Å²) in [5.74, 6) is -0.928. The van der Waals surface area contributed by atoms with E-state index in [9.17, 15) is 9.90 Å². The number of aliphatic hydroxyl groups excluding tert-OH is 1. The number of hydrogen-bond acceptors (Lipinski definition) is 5. The second kappa shape index (κ2) is 14.5. The van der Waals surface area contributed by atoms with Gasteiger partial charge in [0.05, 0.1) is 19.3 Å². The summed E-state index contributed by atoms with van der Waals surface area (Å²) in [5, 5.41) is 12.0. The maximum atomic E-state index is 11.7. The molecule has 1 unspecified atom stereocenters. The van der Waals surface area contributed by atoms with Crippen molar-refractivity contribution in [2.24, 2.45) is 0 Å². The van der Waals surface area contributed by atoms with Gasteiger partial charge in [-0.15, -0.1) is 0 Å². The summed E-state index contributed by atoms with van der Waals surface area (Å²) >= 11 is 0. The first kappa shape index (κ1) is 23.1. The van der Waals surface area contributed by atoms with E-state index < -0.39 is 18.0 Å². The van der Waals surface area contributed by atoms with Crippen molar-refractivity contribution in [2.45, 2.75) is 84.5 Å². The molecule has 0 aromatic heterocycles. The SMILES string of the molecule is CCCCCOC(C)(COC(=O)NCC(O)CC)OCCCCC. The molecule has 6 nitrogen and oxygen atoms in total. The number of rotatable bonds is 15. The first-order valence-electron chi connectivity index (χ1n) is 9.34. The van der Waals surface area contributed by atoms with Gasteiger partial charge in [0.2, 0.25) is 0 Å². The normalized spacial score (nSPS) is 12.9. The van der Waals surface area contributed by atoms with Gasteiger partial charge in [-0.25, -0.2) is 4.79 Å². The Labute approximate surface area is 147 Å². The summed E-state index contributed by atoms with van der Waals surface area (Å²) in [6, 6.07) is 0. The smallest absolute Gasteiger partial charge is 0.407 e. The molecule has 0 rings (SSSR count). The fraction of sp³-hybridized carbons (Fsp3) is 0.944. The summed E-state index contributed by atoms with van der Waals surface area (Å²) in [5.41, 5.74) is 0. The molecule has 1 amide bonds. The number of unbranched alkanes of at least 4 members (excludes halogenated alkanes) is 4. The lowest BCUT2D eigenvalue weighted by Gasteiger charge is -2.29. The van der Waals surface area contributed by atoms with Crippen LogP contribution in [0.3, 0.4) is 0 Å². The number of amides is 1. The summed E-state index contributed by atoms with van der Waals surface area (Å²) in [6.07, 6.45) is 5.82. The van der Waals surface area contributed by atoms with E-state index in [0.29, 0.717) is 19.6 Å². The number of hydrogen-bond donors (Lipinski definition) is 2. The zero-order valence-corrected chi connectivity index (χ0v) is 15.9. The molecule has 6 heteroatoms. The molecule has 0 radical (unpaired) electrons. The highest BCUT2D eigenvalue weighted by atomic mass is 16.7. The third-order valence-corrected chi connectivity index (χ3v) is 3.73. The predicted molar refractivity (Wildman–Crippen MR) is 95.0 cm³/mol. The van der Waals surface area contributed by atoms with Crippen molar-refractivity contribution in [3.8, 4) is 0 Å². The molecule has 0 heterocycles. The second-order valence-electron chi connectivity index (χ2n) is 6.26. The Morgan fingerprint density at radius 3 is 2.04 bits per heavy atom. The third kappa shape index (κ3) is 12.6. The predicted octanol–water partition coefficient (Wildman–Crippen LogP) is 3.61. The molecule has 0 fully saturated rings. The number of carbonyl (C=O) groups excluding carboxylic acids is 1. The molecule has 0 saturated carbocycles. The van der Waals surface area contributed by atoms with Gasteiger partial charge in [0.1, 0.15) is 6.61 Å². The van der Waals surface area contributed by atoms with Crippen LogP contribution < -0.4 is 5.32 Å². The van der Waals surface area contributed by atoms with Crippen molar-refractivity contribution in [1.29, 1.82) is 0 Å². The summed E-state index contributed by atoms with van der Waals surface area (Å²) in [7, 11) is 0. The summed E-state index contributed by atoms with van der Waals surface area (Å²) in [6.45, 7) is 9.30. The van der Waals surface area contributed by atoms with E-state index in [1.165, 1.54) is 0 Å². The lowest BCUT2D eigenvalue weighted by atomic mass is 10.2. The largest absolute Gasteiger partial charge is 0.444 e. The monoisotopic (exact) mass is 347 g/mol. The van der Waals surface area contributed by atoms with Crippen molar-refractivity contribution < 1.29 is 24.1 Å². The van der Waals surface area contributed by atoms with Crippen LogP contribution in [0.5, 0.6) is 0 Å². The molecule has 0 saturated heterocycles. The minimum Gasteiger partial charge on any atom is -0.444 e. The van der Waals surface area contributed by atoms with Gasteiger partial charge in [-0.1, -0.05) is 46.5 Å². The number of nitrogens with one attached hydrogen (secondary N) is 1. The fourth-order valence-corrected chi connectivity index (χ4v) is 2.00. The topological polar surface area (TPSA) is 77.0 Å². The molecule has 144 valence electrons. The highest BCUT2D eigenvalue weighted by Crippen LogP contribution is 2.16. The Morgan fingerprint density at radius 2 is 1.58 bits per heavy atom. The fourth-order valence-electron chi connectivity index (χ4n) is 2.00. The molecule has 0 spiro atoms. The zero-order chi connectivity index (χ0) is 18.3. The summed E-state index contributed by atoms with van der Waals surface area (Å²) in [4.78, 5) is 11.7. The minimum atomic E-state index is -0.928. The average molecular weight is 347 g/mol. The molecule has 1 atom stereocenters. The number of carbonyl (C=O) groups is 1. The Balaban J connectivity index is 4.26. The molecule has 0 aromatic carbocycles. The number of aliphatic hydroxyl groups is 1. The average Bonchev–Trinajstić information content (AvgIpc) is 2.59. The lowest BCUT2D eigenvalue weighted by Crippen LogP contribution is -2.41. The molecular formula is C18H37NO5. The van der Waals surface area contributed by atoms with E-state index in [2.05, 4.69) is 19.2 Å². The van der Waals surface area contributed by atoms with Crippen molar-refractivity contribution >= 4 is 6.09 Å². The molecule has 0 aliphatic heterocycles. The maximum absolute atomic E-state index is 11.7. The molecular weight excluding hydrogens is 310 g/mol. The van der Waals surface area contributed by atoms with Gasteiger partial charge in [-0.3, -0.25) is 0 Å². The first-order chi connectivity index (χ1) is 11.5. The highest BCUT2D eigenvalue weighted by molar-refractivity contribution is 5.67. The van der Waals surface area contributed by atoms with E-state index in [1.54, 1.807) is 6.92 Å². The first-order valence-corrected chi connectivity index (χ1v) is 9.34. The highest BCUT2D eigenvalue weighted by Gasteiger charge is 2.28. The standard InChI is InChI=1S/C18H37NO5/c1-5-8-10-12-23-18(4,24-13-11-9-6-2)15-22-17(21)19-14-16(20)7-3/h16,20H,5-15H2,1-4H3,(H,19,21). The van der Waals surface area contributed by atoms with Crippen LogP contribution in [0.2, 0.25) is 0 Å². The molecule has 0 aromatic rings. The summed E-state index contributed by atoms with van der Waals surface area (Å²) < 4.78 is 16.9. The molecule has 24 heavy (non-hydrogen) atoms.